The molecule has 0 bridgehead atoms. The number of aromatic nitrogens is 3. The van der Waals surface area contributed by atoms with Crippen molar-refractivity contribution in [1.82, 2.24) is 20.1 Å². The zero-order chi connectivity index (χ0) is 13.7. The fraction of sp³-hybridized carbons (Fsp3) is 0.385. The summed E-state index contributed by atoms with van der Waals surface area (Å²) in [7, 11) is 0. The molecule has 6 heteroatoms. The van der Waals surface area contributed by atoms with Gasteiger partial charge in [-0.1, -0.05) is 22.9 Å². The molecule has 19 heavy (non-hydrogen) atoms. The molecule has 2 aromatic rings. The quantitative estimate of drug-likeness (QED) is 0.829. The molecular weight excluding hydrogens is 311 g/mol. The van der Waals surface area contributed by atoms with Crippen LogP contribution >= 0.6 is 15.9 Å². The molecule has 0 atom stereocenters. The molecule has 1 aromatic heterocycles. The summed E-state index contributed by atoms with van der Waals surface area (Å²) in [5, 5.41) is 11.2. The van der Waals surface area contributed by atoms with Gasteiger partial charge in [0.25, 0.3) is 0 Å². The molecule has 1 aromatic carbocycles. The van der Waals surface area contributed by atoms with Gasteiger partial charge in [-0.25, -0.2) is 4.39 Å². The van der Waals surface area contributed by atoms with E-state index in [0.29, 0.717) is 6.54 Å². The summed E-state index contributed by atoms with van der Waals surface area (Å²) < 4.78 is 16.0. The molecule has 1 N–H and O–H groups in total. The second-order valence-electron chi connectivity index (χ2n) is 4.21. The van der Waals surface area contributed by atoms with E-state index >= 15 is 0 Å². The Bertz CT molecular complexity index is 541. The van der Waals surface area contributed by atoms with E-state index in [1.165, 1.54) is 12.1 Å². The lowest BCUT2D eigenvalue weighted by molar-refractivity contribution is 0.576. The molecule has 0 aliphatic heterocycles. The number of benzene rings is 1. The monoisotopic (exact) mass is 326 g/mol. The molecule has 4 nitrogen and oxygen atoms in total. The number of hydrogen-bond acceptors (Lipinski definition) is 3. The van der Waals surface area contributed by atoms with Gasteiger partial charge >= 0.3 is 0 Å². The maximum atomic E-state index is 13.1. The number of aryl methyl sites for hydroxylation is 1. The molecule has 0 unspecified atom stereocenters. The first kappa shape index (κ1) is 14.1. The van der Waals surface area contributed by atoms with Crippen molar-refractivity contribution in [2.75, 3.05) is 6.54 Å². The van der Waals surface area contributed by atoms with Gasteiger partial charge in [-0.05, 0) is 23.8 Å². The standard InChI is InChI=1S/C13H16BrFN4/c1-2-13-18-17-9-19(13)6-5-16-8-10-7-11(15)3-4-12(10)14/h3-4,7,9,16H,2,5-6,8H2,1H3. The number of nitrogens with one attached hydrogen (secondary N) is 1. The van der Waals surface area contributed by atoms with Crippen molar-refractivity contribution >= 4 is 15.9 Å². The van der Waals surface area contributed by atoms with Crippen molar-refractivity contribution in [1.29, 1.82) is 0 Å². The topological polar surface area (TPSA) is 42.7 Å². The molecule has 0 amide bonds. The van der Waals surface area contributed by atoms with Gasteiger partial charge in [0.1, 0.15) is 18.0 Å². The molecule has 102 valence electrons. The molecule has 0 spiro atoms. The Hall–Kier alpha value is -1.27. The second kappa shape index (κ2) is 6.77. The number of rotatable bonds is 6. The van der Waals surface area contributed by atoms with E-state index in [0.717, 1.165) is 35.4 Å². The van der Waals surface area contributed by atoms with Crippen LogP contribution in [0.4, 0.5) is 4.39 Å². The van der Waals surface area contributed by atoms with Crippen LogP contribution in [0.15, 0.2) is 29.0 Å². The summed E-state index contributed by atoms with van der Waals surface area (Å²) in [6.07, 6.45) is 2.61. The van der Waals surface area contributed by atoms with Crippen molar-refractivity contribution in [3.8, 4) is 0 Å². The Morgan fingerprint density at radius 2 is 2.26 bits per heavy atom. The third-order valence-corrected chi connectivity index (χ3v) is 3.64. The Balaban J connectivity index is 1.82. The highest BCUT2D eigenvalue weighted by Gasteiger charge is 2.03. The summed E-state index contributed by atoms with van der Waals surface area (Å²) in [5.41, 5.74) is 0.916. The van der Waals surface area contributed by atoms with Crippen molar-refractivity contribution in [2.24, 2.45) is 0 Å². The molecule has 0 fully saturated rings. The minimum Gasteiger partial charge on any atom is -0.316 e. The Labute approximate surface area is 120 Å². The Morgan fingerprint density at radius 3 is 3.05 bits per heavy atom. The van der Waals surface area contributed by atoms with Gasteiger partial charge in [0.2, 0.25) is 0 Å². The first-order valence-electron chi connectivity index (χ1n) is 6.22. The van der Waals surface area contributed by atoms with E-state index in [2.05, 4.69) is 38.4 Å². The molecular formula is C13H16BrFN4. The lowest BCUT2D eigenvalue weighted by atomic mass is 10.2. The number of nitrogens with zero attached hydrogens (tertiary/aromatic N) is 3. The van der Waals surface area contributed by atoms with Gasteiger partial charge in [-0.15, -0.1) is 10.2 Å². The highest BCUT2D eigenvalue weighted by Crippen LogP contribution is 2.17. The second-order valence-corrected chi connectivity index (χ2v) is 5.06. The van der Waals surface area contributed by atoms with Crippen LogP contribution in [0.5, 0.6) is 0 Å². The maximum Gasteiger partial charge on any atom is 0.132 e. The van der Waals surface area contributed by atoms with E-state index in [-0.39, 0.29) is 5.82 Å². The van der Waals surface area contributed by atoms with Crippen LogP contribution in [0.25, 0.3) is 0 Å². The Morgan fingerprint density at radius 1 is 1.42 bits per heavy atom. The van der Waals surface area contributed by atoms with Gasteiger partial charge in [0.05, 0.1) is 0 Å². The summed E-state index contributed by atoms with van der Waals surface area (Å²) in [4.78, 5) is 0. The van der Waals surface area contributed by atoms with E-state index in [1.54, 1.807) is 12.4 Å². The van der Waals surface area contributed by atoms with Crippen LogP contribution in [-0.4, -0.2) is 21.3 Å². The zero-order valence-corrected chi connectivity index (χ0v) is 12.3. The average molecular weight is 327 g/mol. The van der Waals surface area contributed by atoms with Crippen LogP contribution in [0.2, 0.25) is 0 Å². The van der Waals surface area contributed by atoms with E-state index < -0.39 is 0 Å². The number of hydrogen-bond donors (Lipinski definition) is 1. The van der Waals surface area contributed by atoms with Crippen LogP contribution in [0.1, 0.15) is 18.3 Å². The zero-order valence-electron chi connectivity index (χ0n) is 10.7. The van der Waals surface area contributed by atoms with Crippen molar-refractivity contribution in [3.63, 3.8) is 0 Å². The third kappa shape index (κ3) is 3.84. The van der Waals surface area contributed by atoms with Crippen LogP contribution in [0.3, 0.4) is 0 Å². The van der Waals surface area contributed by atoms with Crippen molar-refractivity contribution < 1.29 is 4.39 Å². The van der Waals surface area contributed by atoms with Gasteiger partial charge in [0.15, 0.2) is 0 Å². The van der Waals surface area contributed by atoms with Crippen molar-refractivity contribution in [2.45, 2.75) is 26.4 Å². The van der Waals surface area contributed by atoms with E-state index in [1.807, 2.05) is 4.57 Å². The SMILES string of the molecule is CCc1nncn1CCNCc1cc(F)ccc1Br. The van der Waals surface area contributed by atoms with Crippen LogP contribution in [-0.2, 0) is 19.5 Å². The van der Waals surface area contributed by atoms with Gasteiger partial charge in [0, 0.05) is 30.5 Å². The van der Waals surface area contributed by atoms with Crippen LogP contribution in [0, 0.1) is 5.82 Å². The summed E-state index contributed by atoms with van der Waals surface area (Å²) in [5.74, 6) is 0.765. The average Bonchev–Trinajstić information content (AvgIpc) is 2.86. The Kier molecular flexibility index (Phi) is 5.04. The largest absolute Gasteiger partial charge is 0.316 e. The van der Waals surface area contributed by atoms with Gasteiger partial charge in [-0.3, -0.25) is 0 Å². The predicted octanol–water partition coefficient (Wildman–Crippen LogP) is 2.53. The minimum atomic E-state index is -0.216. The highest BCUT2D eigenvalue weighted by molar-refractivity contribution is 9.10. The molecule has 2 rings (SSSR count). The molecule has 0 radical (unpaired) electrons. The molecule has 1 heterocycles. The first-order valence-corrected chi connectivity index (χ1v) is 7.01. The number of halogens is 2. The smallest absolute Gasteiger partial charge is 0.132 e. The third-order valence-electron chi connectivity index (χ3n) is 2.86. The normalized spacial score (nSPS) is 10.9. The van der Waals surface area contributed by atoms with Gasteiger partial charge in [-0.2, -0.15) is 0 Å². The van der Waals surface area contributed by atoms with E-state index in [9.17, 15) is 4.39 Å². The van der Waals surface area contributed by atoms with Crippen LogP contribution < -0.4 is 5.32 Å². The maximum absolute atomic E-state index is 13.1. The summed E-state index contributed by atoms with van der Waals surface area (Å²) in [6.45, 7) is 4.27. The fourth-order valence-electron chi connectivity index (χ4n) is 1.84. The predicted molar refractivity (Wildman–Crippen MR) is 75.2 cm³/mol. The first-order chi connectivity index (χ1) is 9.20. The molecule has 0 aliphatic carbocycles. The van der Waals surface area contributed by atoms with E-state index in [4.69, 9.17) is 0 Å². The lowest BCUT2D eigenvalue weighted by Crippen LogP contribution is -2.20. The minimum absolute atomic E-state index is 0.216. The van der Waals surface area contributed by atoms with Crippen molar-refractivity contribution in [3.05, 3.63) is 46.2 Å². The molecule has 0 saturated heterocycles. The summed E-state index contributed by atoms with van der Waals surface area (Å²) >= 11 is 3.41. The van der Waals surface area contributed by atoms with Gasteiger partial charge < -0.3 is 9.88 Å². The highest BCUT2D eigenvalue weighted by atomic mass is 79.9. The molecule has 0 aliphatic rings. The molecule has 0 saturated carbocycles. The summed E-state index contributed by atoms with van der Waals surface area (Å²) in [6, 6.07) is 4.70. The fourth-order valence-corrected chi connectivity index (χ4v) is 2.23. The lowest BCUT2D eigenvalue weighted by Gasteiger charge is -2.08.